The van der Waals surface area contributed by atoms with E-state index >= 15 is 0 Å². The van der Waals surface area contributed by atoms with E-state index in [1.54, 1.807) is 25.3 Å². The van der Waals surface area contributed by atoms with E-state index < -0.39 is 10.9 Å². The van der Waals surface area contributed by atoms with Gasteiger partial charge >= 0.3 is 5.97 Å². The van der Waals surface area contributed by atoms with E-state index in [2.05, 4.69) is 10.5 Å². The zero-order valence-corrected chi connectivity index (χ0v) is 11.0. The molecule has 0 fully saturated rings. The fourth-order valence-corrected chi connectivity index (χ4v) is 2.02. The fraction of sp³-hybridized carbons (Fsp3) is 0.231. The smallest absolute Gasteiger partial charge is 0.336 e. The molecule has 0 bridgehead atoms. The van der Waals surface area contributed by atoms with Gasteiger partial charge in [-0.25, -0.2) is 4.79 Å². The highest BCUT2D eigenvalue weighted by atomic mass is 16.6. The summed E-state index contributed by atoms with van der Waals surface area (Å²) >= 11 is 0. The lowest BCUT2D eigenvalue weighted by molar-refractivity contribution is -0.384. The molecule has 0 amide bonds. The second-order valence-electron chi connectivity index (χ2n) is 4.25. The maximum atomic E-state index is 11.8. The SMILES string of the molecule is COC(=O)C1=C(C)NN=CC1c1ccc([N+](=O)[O-])cc1. The third kappa shape index (κ3) is 2.51. The minimum absolute atomic E-state index is 0.0000530. The average Bonchev–Trinajstić information content (AvgIpc) is 2.46. The number of allylic oxidation sites excluding steroid dienone is 1. The van der Waals surface area contributed by atoms with Crippen LogP contribution in [0.4, 0.5) is 5.69 Å². The number of nitro groups is 1. The van der Waals surface area contributed by atoms with E-state index in [1.165, 1.54) is 19.2 Å². The van der Waals surface area contributed by atoms with Crippen LogP contribution in [0.5, 0.6) is 0 Å². The zero-order valence-electron chi connectivity index (χ0n) is 11.0. The molecule has 0 saturated carbocycles. The van der Waals surface area contributed by atoms with Crippen LogP contribution in [0.3, 0.4) is 0 Å². The van der Waals surface area contributed by atoms with Crippen molar-refractivity contribution in [2.24, 2.45) is 5.10 Å². The fourth-order valence-electron chi connectivity index (χ4n) is 2.02. The topological polar surface area (TPSA) is 93.8 Å². The van der Waals surface area contributed by atoms with Gasteiger partial charge in [-0.1, -0.05) is 12.1 Å². The maximum Gasteiger partial charge on any atom is 0.336 e. The molecule has 0 radical (unpaired) electrons. The number of non-ortho nitro benzene ring substituents is 1. The monoisotopic (exact) mass is 275 g/mol. The lowest BCUT2D eigenvalue weighted by atomic mass is 9.90. The zero-order chi connectivity index (χ0) is 14.7. The average molecular weight is 275 g/mol. The summed E-state index contributed by atoms with van der Waals surface area (Å²) in [5.41, 5.74) is 4.49. The highest BCUT2D eigenvalue weighted by molar-refractivity contribution is 5.97. The van der Waals surface area contributed by atoms with Crippen LogP contribution in [-0.2, 0) is 9.53 Å². The molecule has 1 heterocycles. The van der Waals surface area contributed by atoms with E-state index in [-0.39, 0.29) is 11.6 Å². The van der Waals surface area contributed by atoms with Crippen LogP contribution < -0.4 is 5.43 Å². The molecule has 1 N–H and O–H groups in total. The normalized spacial score (nSPS) is 17.6. The van der Waals surface area contributed by atoms with E-state index in [0.29, 0.717) is 11.3 Å². The number of hydrogen-bond acceptors (Lipinski definition) is 6. The molecule has 1 atom stereocenters. The molecule has 1 aliphatic rings. The van der Waals surface area contributed by atoms with Crippen LogP contribution in [0.25, 0.3) is 0 Å². The van der Waals surface area contributed by atoms with Gasteiger partial charge in [-0.2, -0.15) is 5.10 Å². The first-order valence-electron chi connectivity index (χ1n) is 5.87. The van der Waals surface area contributed by atoms with Crippen LogP contribution in [0.15, 0.2) is 40.6 Å². The number of benzene rings is 1. The number of carbonyl (C=O) groups is 1. The molecular formula is C13H13N3O4. The van der Waals surface area contributed by atoms with Gasteiger partial charge in [0.05, 0.1) is 23.5 Å². The first-order chi connectivity index (χ1) is 9.54. The number of nitro benzene ring substituents is 1. The minimum Gasteiger partial charge on any atom is -0.466 e. The Morgan fingerprint density at radius 1 is 1.40 bits per heavy atom. The van der Waals surface area contributed by atoms with Crippen LogP contribution in [-0.4, -0.2) is 24.2 Å². The van der Waals surface area contributed by atoms with Crippen molar-refractivity contribution in [2.45, 2.75) is 12.8 Å². The summed E-state index contributed by atoms with van der Waals surface area (Å²) < 4.78 is 4.77. The van der Waals surface area contributed by atoms with Gasteiger partial charge in [0.2, 0.25) is 0 Å². The molecule has 1 unspecified atom stereocenters. The third-order valence-corrected chi connectivity index (χ3v) is 3.04. The number of hydrogen-bond donors (Lipinski definition) is 1. The quantitative estimate of drug-likeness (QED) is 0.515. The standard InChI is InChI=1S/C13H13N3O4/c1-8-12(13(17)20-2)11(7-14-15-8)9-3-5-10(6-4-9)16(18)19/h3-7,11,15H,1-2H3. The number of rotatable bonds is 3. The molecule has 0 aliphatic carbocycles. The number of nitrogens with zero attached hydrogens (tertiary/aromatic N) is 2. The van der Waals surface area contributed by atoms with E-state index in [0.717, 1.165) is 5.56 Å². The minimum atomic E-state index is -0.470. The van der Waals surface area contributed by atoms with Crippen LogP contribution in [0.1, 0.15) is 18.4 Å². The Morgan fingerprint density at radius 3 is 2.60 bits per heavy atom. The predicted molar refractivity (Wildman–Crippen MR) is 72.2 cm³/mol. The summed E-state index contributed by atoms with van der Waals surface area (Å²) in [6, 6.07) is 6.01. The van der Waals surface area contributed by atoms with Gasteiger partial charge < -0.3 is 4.74 Å². The lowest BCUT2D eigenvalue weighted by Gasteiger charge is -2.21. The molecule has 7 heteroatoms. The van der Waals surface area contributed by atoms with Crippen molar-refractivity contribution in [1.82, 2.24) is 5.43 Å². The Balaban J connectivity index is 2.39. The number of esters is 1. The summed E-state index contributed by atoms with van der Waals surface area (Å²) in [7, 11) is 1.31. The molecule has 1 aromatic carbocycles. The van der Waals surface area contributed by atoms with E-state index in [1.807, 2.05) is 0 Å². The molecule has 7 nitrogen and oxygen atoms in total. The second kappa shape index (κ2) is 5.52. The van der Waals surface area contributed by atoms with Crippen LogP contribution in [0.2, 0.25) is 0 Å². The summed E-state index contributed by atoms with van der Waals surface area (Å²) in [4.78, 5) is 22.0. The summed E-state index contributed by atoms with van der Waals surface area (Å²) in [5.74, 6) is -0.839. The summed E-state index contributed by atoms with van der Waals surface area (Å²) in [6.07, 6.45) is 1.57. The van der Waals surface area contributed by atoms with Crippen molar-refractivity contribution >= 4 is 17.9 Å². The van der Waals surface area contributed by atoms with Gasteiger partial charge in [0.1, 0.15) is 0 Å². The molecular weight excluding hydrogens is 262 g/mol. The number of methoxy groups -OCH3 is 1. The summed E-state index contributed by atoms with van der Waals surface area (Å²) in [6.45, 7) is 1.72. The van der Waals surface area contributed by atoms with E-state index in [9.17, 15) is 14.9 Å². The molecule has 0 saturated heterocycles. The Labute approximate surface area is 115 Å². The number of ether oxygens (including phenoxy) is 1. The van der Waals surface area contributed by atoms with Crippen molar-refractivity contribution < 1.29 is 14.5 Å². The second-order valence-corrected chi connectivity index (χ2v) is 4.25. The van der Waals surface area contributed by atoms with Crippen molar-refractivity contribution in [3.05, 3.63) is 51.2 Å². The number of carbonyl (C=O) groups excluding carboxylic acids is 1. The van der Waals surface area contributed by atoms with Gasteiger partial charge in [0.25, 0.3) is 5.69 Å². The van der Waals surface area contributed by atoms with Gasteiger partial charge in [-0.3, -0.25) is 15.5 Å². The van der Waals surface area contributed by atoms with Gasteiger partial charge in [0.15, 0.2) is 0 Å². The van der Waals surface area contributed by atoms with Crippen molar-refractivity contribution in [2.75, 3.05) is 7.11 Å². The van der Waals surface area contributed by atoms with Crippen LogP contribution in [0, 0.1) is 10.1 Å². The van der Waals surface area contributed by atoms with Gasteiger partial charge in [0, 0.05) is 24.0 Å². The molecule has 104 valence electrons. The Hall–Kier alpha value is -2.70. The van der Waals surface area contributed by atoms with E-state index in [4.69, 9.17) is 4.74 Å². The lowest BCUT2D eigenvalue weighted by Crippen LogP contribution is -2.24. The Bertz CT molecular complexity index is 605. The first kappa shape index (κ1) is 13.7. The Kier molecular flexibility index (Phi) is 3.79. The maximum absolute atomic E-state index is 11.8. The number of nitrogens with one attached hydrogen (secondary N) is 1. The van der Waals surface area contributed by atoms with Gasteiger partial charge in [-0.05, 0) is 12.5 Å². The van der Waals surface area contributed by atoms with Crippen molar-refractivity contribution in [3.63, 3.8) is 0 Å². The van der Waals surface area contributed by atoms with Crippen LogP contribution >= 0.6 is 0 Å². The molecule has 1 aromatic rings. The van der Waals surface area contributed by atoms with Crippen molar-refractivity contribution in [3.8, 4) is 0 Å². The molecule has 0 spiro atoms. The molecule has 2 rings (SSSR count). The molecule has 0 aromatic heterocycles. The highest BCUT2D eigenvalue weighted by Crippen LogP contribution is 2.29. The number of hydrazone groups is 1. The molecule has 1 aliphatic heterocycles. The highest BCUT2D eigenvalue weighted by Gasteiger charge is 2.27. The van der Waals surface area contributed by atoms with Gasteiger partial charge in [-0.15, -0.1) is 0 Å². The predicted octanol–water partition coefficient (Wildman–Crippen LogP) is 1.71. The summed E-state index contributed by atoms with van der Waals surface area (Å²) in [5, 5.41) is 14.6. The third-order valence-electron chi connectivity index (χ3n) is 3.04. The van der Waals surface area contributed by atoms with Crippen molar-refractivity contribution in [1.29, 1.82) is 0 Å². The Morgan fingerprint density at radius 2 is 2.05 bits per heavy atom. The largest absolute Gasteiger partial charge is 0.466 e. The molecule has 20 heavy (non-hydrogen) atoms. The first-order valence-corrected chi connectivity index (χ1v) is 5.87.